The molecule has 20 heavy (non-hydrogen) atoms. The summed E-state index contributed by atoms with van der Waals surface area (Å²) in [4.78, 5) is 21.8. The van der Waals surface area contributed by atoms with Crippen molar-refractivity contribution < 1.29 is 4.79 Å². The van der Waals surface area contributed by atoms with Gasteiger partial charge in [-0.25, -0.2) is 9.97 Å². The summed E-state index contributed by atoms with van der Waals surface area (Å²) in [6, 6.07) is 5.78. The summed E-state index contributed by atoms with van der Waals surface area (Å²) in [6.07, 6.45) is 2.93. The van der Waals surface area contributed by atoms with Gasteiger partial charge >= 0.3 is 0 Å². The van der Waals surface area contributed by atoms with Crippen LogP contribution in [0, 0.1) is 0 Å². The summed E-state index contributed by atoms with van der Waals surface area (Å²) in [7, 11) is 1.83. The number of carbonyl (C=O) groups is 1. The van der Waals surface area contributed by atoms with Crippen molar-refractivity contribution in [2.75, 3.05) is 24.6 Å². The van der Waals surface area contributed by atoms with Gasteiger partial charge in [-0.05, 0) is 24.6 Å². The van der Waals surface area contributed by atoms with Crippen molar-refractivity contribution in [1.29, 1.82) is 0 Å². The number of nitrogen functional groups attached to an aromatic ring is 1. The molecule has 1 amide bonds. The molecule has 0 bridgehead atoms. The first kappa shape index (κ1) is 12.7. The molecule has 0 saturated carbocycles. The third kappa shape index (κ3) is 2.36. The largest absolute Gasteiger partial charge is 0.399 e. The molecule has 1 aromatic carbocycles. The summed E-state index contributed by atoms with van der Waals surface area (Å²) in [5, 5.41) is 4.31. The number of hydrogen-bond donors (Lipinski definition) is 2. The Hall–Kier alpha value is -2.37. The molecular weight excluding hydrogens is 254 g/mol. The number of anilines is 2. The van der Waals surface area contributed by atoms with E-state index >= 15 is 0 Å². The van der Waals surface area contributed by atoms with Crippen LogP contribution in [0.15, 0.2) is 24.5 Å². The first-order valence-corrected chi connectivity index (χ1v) is 6.64. The van der Waals surface area contributed by atoms with Crippen molar-refractivity contribution in [3.63, 3.8) is 0 Å². The van der Waals surface area contributed by atoms with Gasteiger partial charge < -0.3 is 16.0 Å². The predicted octanol–water partition coefficient (Wildman–Crippen LogP) is 1.24. The average Bonchev–Trinajstić information content (AvgIpc) is 2.44. The SMILES string of the molecule is CN1CC(Nc2ncnc3ccc(N)cc23)CCC1=O. The lowest BCUT2D eigenvalue weighted by atomic mass is 10.1. The zero-order valence-electron chi connectivity index (χ0n) is 11.3. The number of carbonyl (C=O) groups excluding carboxylic acids is 1. The zero-order chi connectivity index (χ0) is 14.1. The Labute approximate surface area is 117 Å². The molecule has 1 saturated heterocycles. The van der Waals surface area contributed by atoms with Crippen LogP contribution in [0.2, 0.25) is 0 Å². The first-order valence-electron chi connectivity index (χ1n) is 6.64. The normalized spacial score (nSPS) is 19.4. The summed E-state index contributed by atoms with van der Waals surface area (Å²) < 4.78 is 0. The van der Waals surface area contributed by atoms with E-state index in [1.807, 2.05) is 25.2 Å². The quantitative estimate of drug-likeness (QED) is 0.803. The number of aromatic nitrogens is 2. The smallest absolute Gasteiger partial charge is 0.222 e. The molecule has 1 atom stereocenters. The Bertz CT molecular complexity index is 657. The number of hydrogen-bond acceptors (Lipinski definition) is 5. The third-order valence-electron chi connectivity index (χ3n) is 3.63. The molecule has 1 aliphatic rings. The first-order chi connectivity index (χ1) is 9.63. The Balaban J connectivity index is 1.87. The predicted molar refractivity (Wildman–Crippen MR) is 78.2 cm³/mol. The zero-order valence-corrected chi connectivity index (χ0v) is 11.3. The number of benzene rings is 1. The molecule has 2 heterocycles. The van der Waals surface area contributed by atoms with Gasteiger partial charge in [0.2, 0.25) is 5.91 Å². The molecule has 1 aliphatic heterocycles. The Morgan fingerprint density at radius 3 is 3.05 bits per heavy atom. The van der Waals surface area contributed by atoms with Crippen LogP contribution in [-0.2, 0) is 4.79 Å². The standard InChI is InChI=1S/C14H17N5O/c1-19-7-10(3-5-13(19)20)18-14-11-6-9(15)2-4-12(11)16-8-17-14/h2,4,6,8,10H,3,5,7,15H2,1H3,(H,16,17,18). The second-order valence-electron chi connectivity index (χ2n) is 5.15. The van der Waals surface area contributed by atoms with E-state index in [9.17, 15) is 4.79 Å². The average molecular weight is 271 g/mol. The van der Waals surface area contributed by atoms with E-state index < -0.39 is 0 Å². The lowest BCUT2D eigenvalue weighted by molar-refractivity contribution is -0.132. The van der Waals surface area contributed by atoms with E-state index in [2.05, 4.69) is 15.3 Å². The van der Waals surface area contributed by atoms with Gasteiger partial charge in [-0.1, -0.05) is 0 Å². The van der Waals surface area contributed by atoms with Crippen molar-refractivity contribution in [3.05, 3.63) is 24.5 Å². The highest BCUT2D eigenvalue weighted by Crippen LogP contribution is 2.23. The maximum absolute atomic E-state index is 11.5. The van der Waals surface area contributed by atoms with Crippen LogP contribution in [-0.4, -0.2) is 40.4 Å². The monoisotopic (exact) mass is 271 g/mol. The van der Waals surface area contributed by atoms with Crippen LogP contribution in [0.25, 0.3) is 10.9 Å². The van der Waals surface area contributed by atoms with Crippen LogP contribution in [0.3, 0.4) is 0 Å². The topological polar surface area (TPSA) is 84.1 Å². The second-order valence-corrected chi connectivity index (χ2v) is 5.15. The van der Waals surface area contributed by atoms with Gasteiger partial charge in [0.25, 0.3) is 0 Å². The molecule has 0 aliphatic carbocycles. The number of piperidine rings is 1. The van der Waals surface area contributed by atoms with Crippen LogP contribution >= 0.6 is 0 Å². The lowest BCUT2D eigenvalue weighted by Crippen LogP contribution is -2.43. The maximum Gasteiger partial charge on any atom is 0.222 e. The fraction of sp³-hybridized carbons (Fsp3) is 0.357. The van der Waals surface area contributed by atoms with Crippen molar-refractivity contribution in [2.24, 2.45) is 0 Å². The maximum atomic E-state index is 11.5. The Morgan fingerprint density at radius 1 is 1.40 bits per heavy atom. The second kappa shape index (κ2) is 4.96. The number of amides is 1. The molecule has 104 valence electrons. The highest BCUT2D eigenvalue weighted by Gasteiger charge is 2.23. The summed E-state index contributed by atoms with van der Waals surface area (Å²) in [5.41, 5.74) is 7.37. The highest BCUT2D eigenvalue weighted by molar-refractivity contribution is 5.91. The van der Waals surface area contributed by atoms with Crippen LogP contribution in [0.5, 0.6) is 0 Å². The molecule has 2 aromatic rings. The number of nitrogens with one attached hydrogen (secondary N) is 1. The van der Waals surface area contributed by atoms with Crippen molar-refractivity contribution in [1.82, 2.24) is 14.9 Å². The molecular formula is C14H17N5O. The fourth-order valence-corrected chi connectivity index (χ4v) is 2.51. The molecule has 3 N–H and O–H groups in total. The van der Waals surface area contributed by atoms with E-state index in [1.54, 1.807) is 11.2 Å². The minimum absolute atomic E-state index is 0.194. The van der Waals surface area contributed by atoms with Crippen molar-refractivity contribution in [3.8, 4) is 0 Å². The molecule has 6 nitrogen and oxygen atoms in total. The minimum Gasteiger partial charge on any atom is -0.399 e. The van der Waals surface area contributed by atoms with Crippen LogP contribution < -0.4 is 11.1 Å². The lowest BCUT2D eigenvalue weighted by Gasteiger charge is -2.30. The van der Waals surface area contributed by atoms with Gasteiger partial charge in [-0.15, -0.1) is 0 Å². The molecule has 1 aromatic heterocycles. The van der Waals surface area contributed by atoms with Gasteiger partial charge in [0, 0.05) is 37.1 Å². The van der Waals surface area contributed by atoms with Crippen LogP contribution in [0.4, 0.5) is 11.5 Å². The summed E-state index contributed by atoms with van der Waals surface area (Å²) in [6.45, 7) is 0.687. The number of rotatable bonds is 2. The van der Waals surface area contributed by atoms with Crippen molar-refractivity contribution >= 4 is 28.3 Å². The molecule has 1 unspecified atom stereocenters. The summed E-state index contributed by atoms with van der Waals surface area (Å²) >= 11 is 0. The van der Waals surface area contributed by atoms with E-state index in [0.717, 1.165) is 23.1 Å². The van der Waals surface area contributed by atoms with Gasteiger partial charge in [-0.3, -0.25) is 4.79 Å². The summed E-state index contributed by atoms with van der Waals surface area (Å²) in [5.74, 6) is 0.967. The third-order valence-corrected chi connectivity index (χ3v) is 3.63. The van der Waals surface area contributed by atoms with Crippen molar-refractivity contribution in [2.45, 2.75) is 18.9 Å². The van der Waals surface area contributed by atoms with Gasteiger partial charge in [-0.2, -0.15) is 0 Å². The molecule has 3 rings (SSSR count). The van der Waals surface area contributed by atoms with Gasteiger partial charge in [0.05, 0.1) is 5.52 Å². The number of fused-ring (bicyclic) bond motifs is 1. The van der Waals surface area contributed by atoms with Gasteiger partial charge in [0.15, 0.2) is 0 Å². The molecule has 0 radical (unpaired) electrons. The molecule has 6 heteroatoms. The highest BCUT2D eigenvalue weighted by atomic mass is 16.2. The number of likely N-dealkylation sites (N-methyl/N-ethyl adjacent to an activating group) is 1. The van der Waals surface area contributed by atoms with E-state index in [1.165, 1.54) is 0 Å². The van der Waals surface area contributed by atoms with Gasteiger partial charge in [0.1, 0.15) is 12.1 Å². The van der Waals surface area contributed by atoms with E-state index in [4.69, 9.17) is 5.73 Å². The van der Waals surface area contributed by atoms with Crippen LogP contribution in [0.1, 0.15) is 12.8 Å². The number of nitrogens with zero attached hydrogens (tertiary/aromatic N) is 3. The Morgan fingerprint density at radius 2 is 2.25 bits per heavy atom. The van der Waals surface area contributed by atoms with E-state index in [-0.39, 0.29) is 11.9 Å². The van der Waals surface area contributed by atoms with E-state index in [0.29, 0.717) is 18.7 Å². The molecule has 1 fully saturated rings. The number of likely N-dealkylation sites (tertiary alicyclic amines) is 1. The minimum atomic E-state index is 0.194. The fourth-order valence-electron chi connectivity index (χ4n) is 2.51. The molecule has 0 spiro atoms. The number of nitrogens with two attached hydrogens (primary N) is 1. The Kier molecular flexibility index (Phi) is 3.14.